The summed E-state index contributed by atoms with van der Waals surface area (Å²) in [6.45, 7) is 2.94. The van der Waals surface area contributed by atoms with Crippen LogP contribution in [0.5, 0.6) is 0 Å². The van der Waals surface area contributed by atoms with E-state index in [9.17, 15) is 9.59 Å². The second-order valence-corrected chi connectivity index (χ2v) is 5.13. The van der Waals surface area contributed by atoms with Crippen molar-refractivity contribution in [1.82, 2.24) is 4.90 Å². The van der Waals surface area contributed by atoms with Gasteiger partial charge in [0.05, 0.1) is 6.61 Å². The molecule has 0 N–H and O–H groups in total. The van der Waals surface area contributed by atoms with Crippen LogP contribution in [0.4, 0.5) is 0 Å². The van der Waals surface area contributed by atoms with Crippen molar-refractivity contribution in [2.45, 2.75) is 44.5 Å². The molecule has 0 aliphatic carbocycles. The predicted octanol–water partition coefficient (Wildman–Crippen LogP) is -0.202. The van der Waals surface area contributed by atoms with E-state index in [1.807, 2.05) is 0 Å². The fraction of sp³-hybridized carbons (Fsp3) is 0.857. The second kappa shape index (κ2) is 8.42. The van der Waals surface area contributed by atoms with Crippen molar-refractivity contribution in [3.05, 3.63) is 0 Å². The molecule has 1 rings (SSSR count). The van der Waals surface area contributed by atoms with Crippen LogP contribution in [-0.4, -0.2) is 82.4 Å². The van der Waals surface area contributed by atoms with Gasteiger partial charge >= 0.3 is 5.97 Å². The Balaban J connectivity index is 3.14. The Morgan fingerprint density at radius 3 is 2.14 bits per heavy atom. The largest absolute Gasteiger partial charge is 0.457 e. The number of carbonyl (C=O) groups is 2. The molecule has 0 bridgehead atoms. The van der Waals surface area contributed by atoms with Gasteiger partial charge in [-0.05, 0) is 0 Å². The van der Waals surface area contributed by atoms with Crippen LogP contribution in [0.3, 0.4) is 0 Å². The van der Waals surface area contributed by atoms with Gasteiger partial charge in [-0.2, -0.15) is 0 Å². The molecule has 0 aromatic rings. The highest BCUT2D eigenvalue weighted by atomic mass is 16.7. The molecular weight excluding hydrogens is 294 g/mol. The lowest BCUT2D eigenvalue weighted by Crippen LogP contribution is -2.66. The van der Waals surface area contributed by atoms with Crippen molar-refractivity contribution >= 4 is 11.9 Å². The van der Waals surface area contributed by atoms with Gasteiger partial charge in [-0.3, -0.25) is 9.59 Å². The van der Waals surface area contributed by atoms with E-state index in [4.69, 9.17) is 23.7 Å². The molecule has 0 saturated carbocycles. The summed E-state index contributed by atoms with van der Waals surface area (Å²) in [5.74, 6) is -0.638. The van der Waals surface area contributed by atoms with Crippen LogP contribution in [0.1, 0.15) is 13.8 Å². The number of methoxy groups -OCH3 is 3. The summed E-state index contributed by atoms with van der Waals surface area (Å²) in [6, 6.07) is -0.551. The third-order valence-electron chi connectivity index (χ3n) is 3.70. The number of carbonyl (C=O) groups excluding carboxylic acids is 2. The first-order valence-electron chi connectivity index (χ1n) is 6.97. The van der Waals surface area contributed by atoms with Gasteiger partial charge in [0.2, 0.25) is 5.91 Å². The molecule has 1 fully saturated rings. The molecule has 0 unspecified atom stereocenters. The van der Waals surface area contributed by atoms with Crippen LogP contribution in [0, 0.1) is 0 Å². The van der Waals surface area contributed by atoms with Gasteiger partial charge in [-0.1, -0.05) is 0 Å². The fourth-order valence-corrected chi connectivity index (χ4v) is 2.61. The van der Waals surface area contributed by atoms with Crippen molar-refractivity contribution in [2.24, 2.45) is 0 Å². The molecule has 0 spiro atoms. The first-order chi connectivity index (χ1) is 10.4. The molecule has 0 radical (unpaired) electrons. The van der Waals surface area contributed by atoms with Crippen LogP contribution >= 0.6 is 0 Å². The average molecular weight is 319 g/mol. The van der Waals surface area contributed by atoms with Gasteiger partial charge in [0.1, 0.15) is 18.2 Å². The molecule has 0 aromatic carbocycles. The molecule has 1 aliphatic heterocycles. The Kier molecular flexibility index (Phi) is 7.21. The van der Waals surface area contributed by atoms with Gasteiger partial charge in [0, 0.05) is 42.2 Å². The zero-order chi connectivity index (χ0) is 16.9. The fourth-order valence-electron chi connectivity index (χ4n) is 2.61. The van der Waals surface area contributed by atoms with E-state index < -0.39 is 36.6 Å². The van der Waals surface area contributed by atoms with Crippen LogP contribution in [0.25, 0.3) is 0 Å². The molecule has 22 heavy (non-hydrogen) atoms. The van der Waals surface area contributed by atoms with E-state index in [0.717, 1.165) is 0 Å². The molecule has 1 heterocycles. The zero-order valence-corrected chi connectivity index (χ0v) is 13.9. The Bertz CT molecular complexity index is 389. The molecule has 8 nitrogen and oxygen atoms in total. The molecular formula is C14H25NO7. The topological polar surface area (TPSA) is 83.5 Å². The Labute approximate surface area is 130 Å². The summed E-state index contributed by atoms with van der Waals surface area (Å²) in [4.78, 5) is 24.6. The summed E-state index contributed by atoms with van der Waals surface area (Å²) in [6.07, 6.45) is -2.58. The minimum Gasteiger partial charge on any atom is -0.457 e. The zero-order valence-electron chi connectivity index (χ0n) is 13.9. The molecule has 8 heteroatoms. The van der Waals surface area contributed by atoms with E-state index in [0.29, 0.717) is 0 Å². The van der Waals surface area contributed by atoms with E-state index in [2.05, 4.69) is 0 Å². The lowest BCUT2D eigenvalue weighted by atomic mass is 9.95. The van der Waals surface area contributed by atoms with Gasteiger partial charge < -0.3 is 28.6 Å². The number of hydrogen-bond donors (Lipinski definition) is 0. The highest BCUT2D eigenvalue weighted by Crippen LogP contribution is 2.29. The molecule has 128 valence electrons. The number of ether oxygens (including phenoxy) is 5. The third kappa shape index (κ3) is 4.16. The molecule has 1 amide bonds. The monoisotopic (exact) mass is 319 g/mol. The quantitative estimate of drug-likeness (QED) is 0.627. The number of rotatable bonds is 6. The SMILES string of the molecule is COC[C@H]1O[C@H](OC)[C@H](N(C)C(C)=O)[C@@H](OC)[C@@H]1OC(C)=O. The van der Waals surface area contributed by atoms with Crippen LogP contribution in [0.2, 0.25) is 0 Å². The molecule has 1 saturated heterocycles. The maximum absolute atomic E-state index is 11.7. The van der Waals surface area contributed by atoms with Crippen molar-refractivity contribution in [1.29, 1.82) is 0 Å². The first kappa shape index (κ1) is 18.8. The minimum atomic E-state index is -0.717. The van der Waals surface area contributed by atoms with Gasteiger partial charge in [-0.15, -0.1) is 0 Å². The second-order valence-electron chi connectivity index (χ2n) is 5.13. The Hall–Kier alpha value is -1.22. The number of esters is 1. The average Bonchev–Trinajstić information content (AvgIpc) is 2.46. The Morgan fingerprint density at radius 1 is 1.09 bits per heavy atom. The van der Waals surface area contributed by atoms with Crippen molar-refractivity contribution in [3.8, 4) is 0 Å². The summed E-state index contributed by atoms with van der Waals surface area (Å²) >= 11 is 0. The van der Waals surface area contributed by atoms with Crippen LogP contribution in [0.15, 0.2) is 0 Å². The first-order valence-corrected chi connectivity index (χ1v) is 6.97. The maximum Gasteiger partial charge on any atom is 0.303 e. The normalized spacial score (nSPS) is 31.6. The minimum absolute atomic E-state index is 0.176. The number of amides is 1. The standard InChI is InChI=1S/C14H25NO7/c1-8(16)15(3)11-13(19-5)12(21-9(2)17)10(7-18-4)22-14(11)20-6/h10-14H,7H2,1-6H3/t10-,11-,12-,13-,14+/m1/s1. The maximum atomic E-state index is 11.7. The lowest BCUT2D eigenvalue weighted by molar-refractivity contribution is -0.284. The highest BCUT2D eigenvalue weighted by Gasteiger charge is 2.50. The van der Waals surface area contributed by atoms with E-state index >= 15 is 0 Å². The summed E-state index contributed by atoms with van der Waals surface area (Å²) in [5.41, 5.74) is 0. The summed E-state index contributed by atoms with van der Waals surface area (Å²) < 4.78 is 27.1. The van der Waals surface area contributed by atoms with Gasteiger partial charge in [0.25, 0.3) is 0 Å². The number of likely N-dealkylation sites (N-methyl/N-ethyl adjacent to an activating group) is 1. The molecule has 1 aliphatic rings. The summed E-state index contributed by atoms with van der Waals surface area (Å²) in [7, 11) is 6.11. The van der Waals surface area contributed by atoms with Crippen molar-refractivity contribution in [3.63, 3.8) is 0 Å². The number of hydrogen-bond acceptors (Lipinski definition) is 7. The van der Waals surface area contributed by atoms with E-state index in [1.54, 1.807) is 7.05 Å². The van der Waals surface area contributed by atoms with E-state index in [-0.39, 0.29) is 12.5 Å². The molecule has 0 aromatic heterocycles. The summed E-state index contributed by atoms with van der Waals surface area (Å²) in [5, 5.41) is 0. The van der Waals surface area contributed by atoms with Crippen LogP contribution < -0.4 is 0 Å². The van der Waals surface area contributed by atoms with Crippen LogP contribution in [-0.2, 0) is 33.3 Å². The highest BCUT2D eigenvalue weighted by molar-refractivity contribution is 5.73. The third-order valence-corrected chi connectivity index (χ3v) is 3.70. The van der Waals surface area contributed by atoms with Crippen molar-refractivity contribution in [2.75, 3.05) is 35.0 Å². The van der Waals surface area contributed by atoms with E-state index in [1.165, 1.54) is 40.1 Å². The molecule has 5 atom stereocenters. The smallest absolute Gasteiger partial charge is 0.303 e. The predicted molar refractivity (Wildman–Crippen MR) is 76.1 cm³/mol. The lowest BCUT2D eigenvalue weighted by Gasteiger charge is -2.47. The van der Waals surface area contributed by atoms with Gasteiger partial charge in [0.15, 0.2) is 12.4 Å². The van der Waals surface area contributed by atoms with Crippen molar-refractivity contribution < 1.29 is 33.3 Å². The Morgan fingerprint density at radius 2 is 1.73 bits per heavy atom. The number of nitrogens with zero attached hydrogens (tertiary/aromatic N) is 1. The van der Waals surface area contributed by atoms with Gasteiger partial charge in [-0.25, -0.2) is 0 Å².